The van der Waals surface area contributed by atoms with Crippen molar-refractivity contribution in [2.75, 3.05) is 12.9 Å². The van der Waals surface area contributed by atoms with Crippen molar-refractivity contribution < 1.29 is 17.9 Å². The van der Waals surface area contributed by atoms with Gasteiger partial charge in [0.05, 0.1) is 23.3 Å². The van der Waals surface area contributed by atoms with Crippen LogP contribution in [0.3, 0.4) is 0 Å². The molecule has 0 fully saturated rings. The Morgan fingerprint density at radius 2 is 1.89 bits per heavy atom. The fourth-order valence-corrected chi connectivity index (χ4v) is 5.38. The number of thiazole rings is 1. The zero-order valence-corrected chi connectivity index (χ0v) is 17.6. The molecule has 1 aromatic heterocycles. The summed E-state index contributed by atoms with van der Waals surface area (Å²) in [6, 6.07) is 12.8. The van der Waals surface area contributed by atoms with E-state index in [0.29, 0.717) is 16.1 Å². The molecule has 0 aliphatic heterocycles. The minimum Gasteiger partial charge on any atom is -0.495 e. The lowest BCUT2D eigenvalue weighted by Crippen LogP contribution is -2.16. The minimum absolute atomic E-state index is 0.0752. The summed E-state index contributed by atoms with van der Waals surface area (Å²) in [6.07, 6.45) is -0.139. The predicted molar refractivity (Wildman–Crippen MR) is 111 cm³/mol. The van der Waals surface area contributed by atoms with E-state index >= 15 is 0 Å². The molecule has 0 unspecified atom stereocenters. The van der Waals surface area contributed by atoms with Gasteiger partial charge in [-0.05, 0) is 24.1 Å². The number of benzene rings is 2. The molecule has 0 atom stereocenters. The fraction of sp³-hybridized carbons (Fsp3) is 0.300. The van der Waals surface area contributed by atoms with Gasteiger partial charge < -0.3 is 9.30 Å². The molecule has 1 heterocycles. The molecule has 0 N–H and O–H groups in total. The Morgan fingerprint density at radius 3 is 2.57 bits per heavy atom. The molecule has 0 aliphatic carbocycles. The van der Waals surface area contributed by atoms with Crippen molar-refractivity contribution in [1.82, 2.24) is 4.57 Å². The minimum atomic E-state index is -3.38. The van der Waals surface area contributed by atoms with E-state index < -0.39 is 15.7 Å². The van der Waals surface area contributed by atoms with Crippen LogP contribution < -0.4 is 9.54 Å². The molecule has 148 valence electrons. The Morgan fingerprint density at radius 1 is 1.18 bits per heavy atom. The van der Waals surface area contributed by atoms with E-state index in [-0.39, 0.29) is 17.9 Å². The Labute approximate surface area is 168 Å². The fourth-order valence-electron chi connectivity index (χ4n) is 2.92. The van der Waals surface area contributed by atoms with Crippen LogP contribution in [-0.2, 0) is 27.4 Å². The number of sulfone groups is 1. The SMILES string of the molecule is COc1ccc(C)c2sc(=NC(=O)CCS(=O)(=O)Cc3ccccc3)n(C)c12. The van der Waals surface area contributed by atoms with Crippen LogP contribution in [0.25, 0.3) is 10.2 Å². The van der Waals surface area contributed by atoms with Gasteiger partial charge in [0, 0.05) is 13.5 Å². The summed E-state index contributed by atoms with van der Waals surface area (Å²) < 4.78 is 32.8. The molecule has 0 radical (unpaired) electrons. The van der Waals surface area contributed by atoms with E-state index in [9.17, 15) is 13.2 Å². The van der Waals surface area contributed by atoms with Crippen molar-refractivity contribution in [2.45, 2.75) is 19.1 Å². The number of methoxy groups -OCH3 is 1. The summed E-state index contributed by atoms with van der Waals surface area (Å²) in [4.78, 5) is 17.0. The lowest BCUT2D eigenvalue weighted by molar-refractivity contribution is -0.117. The van der Waals surface area contributed by atoms with Crippen molar-refractivity contribution in [2.24, 2.45) is 12.0 Å². The molecular weight excluding hydrogens is 396 g/mol. The number of hydrogen-bond acceptors (Lipinski definition) is 5. The number of rotatable bonds is 6. The largest absolute Gasteiger partial charge is 0.495 e. The normalized spacial score (nSPS) is 12.5. The summed E-state index contributed by atoms with van der Waals surface area (Å²) >= 11 is 1.39. The van der Waals surface area contributed by atoms with Gasteiger partial charge in [-0.1, -0.05) is 47.7 Å². The average molecular weight is 419 g/mol. The lowest BCUT2D eigenvalue weighted by Gasteiger charge is -2.05. The number of carbonyl (C=O) groups excluding carboxylic acids is 1. The van der Waals surface area contributed by atoms with Gasteiger partial charge in [-0.15, -0.1) is 0 Å². The van der Waals surface area contributed by atoms with E-state index in [1.165, 1.54) is 11.3 Å². The van der Waals surface area contributed by atoms with E-state index in [4.69, 9.17) is 4.74 Å². The highest BCUT2D eigenvalue weighted by Gasteiger charge is 2.16. The second kappa shape index (κ2) is 8.28. The van der Waals surface area contributed by atoms with Crippen LogP contribution in [0.1, 0.15) is 17.5 Å². The lowest BCUT2D eigenvalue weighted by atomic mass is 10.2. The first-order chi connectivity index (χ1) is 13.3. The highest BCUT2D eigenvalue weighted by Crippen LogP contribution is 2.29. The highest BCUT2D eigenvalue weighted by atomic mass is 32.2. The molecule has 3 rings (SSSR count). The number of hydrogen-bond donors (Lipinski definition) is 0. The van der Waals surface area contributed by atoms with Crippen LogP contribution in [-0.4, -0.2) is 31.8 Å². The van der Waals surface area contributed by atoms with Gasteiger partial charge in [0.15, 0.2) is 14.6 Å². The number of aromatic nitrogens is 1. The van der Waals surface area contributed by atoms with Gasteiger partial charge in [-0.25, -0.2) is 8.42 Å². The number of carbonyl (C=O) groups is 1. The van der Waals surface area contributed by atoms with Gasteiger partial charge in [-0.2, -0.15) is 4.99 Å². The molecule has 28 heavy (non-hydrogen) atoms. The third-order valence-electron chi connectivity index (χ3n) is 4.40. The molecule has 6 nitrogen and oxygen atoms in total. The Hall–Kier alpha value is -2.45. The van der Waals surface area contributed by atoms with Crippen molar-refractivity contribution in [1.29, 1.82) is 0 Å². The zero-order valence-electron chi connectivity index (χ0n) is 16.0. The molecule has 1 amide bonds. The van der Waals surface area contributed by atoms with E-state index in [1.54, 1.807) is 31.4 Å². The first-order valence-electron chi connectivity index (χ1n) is 8.76. The van der Waals surface area contributed by atoms with Gasteiger partial charge in [0.2, 0.25) is 5.91 Å². The standard InChI is InChI=1S/C20H22N2O4S2/c1-14-9-10-16(26-3)18-19(14)27-20(22(18)2)21-17(23)11-12-28(24,25)13-15-7-5-4-6-8-15/h4-10H,11-13H2,1-3H3. The molecule has 0 saturated carbocycles. The van der Waals surface area contributed by atoms with Crippen molar-refractivity contribution >= 4 is 37.3 Å². The number of aryl methyl sites for hydroxylation is 2. The number of nitrogens with zero attached hydrogens (tertiary/aromatic N) is 2. The summed E-state index contributed by atoms with van der Waals surface area (Å²) in [7, 11) is 0.0387. The zero-order chi connectivity index (χ0) is 20.3. The molecule has 3 aromatic rings. The monoisotopic (exact) mass is 418 g/mol. The van der Waals surface area contributed by atoms with Gasteiger partial charge in [0.1, 0.15) is 11.3 Å². The number of amides is 1. The van der Waals surface area contributed by atoms with Crippen LogP contribution >= 0.6 is 11.3 Å². The maximum absolute atomic E-state index is 12.3. The topological polar surface area (TPSA) is 77.7 Å². The van der Waals surface area contributed by atoms with E-state index in [0.717, 1.165) is 15.8 Å². The van der Waals surface area contributed by atoms with Gasteiger partial charge in [0.25, 0.3) is 0 Å². The van der Waals surface area contributed by atoms with Gasteiger partial charge >= 0.3 is 0 Å². The van der Waals surface area contributed by atoms with Crippen LogP contribution in [0.15, 0.2) is 47.5 Å². The van der Waals surface area contributed by atoms with Crippen LogP contribution in [0.5, 0.6) is 5.75 Å². The molecular formula is C20H22N2O4S2. The van der Waals surface area contributed by atoms with Crippen LogP contribution in [0.2, 0.25) is 0 Å². The van der Waals surface area contributed by atoms with Crippen molar-refractivity contribution in [3.05, 3.63) is 58.4 Å². The average Bonchev–Trinajstić information content (AvgIpc) is 2.99. The van der Waals surface area contributed by atoms with Crippen LogP contribution in [0.4, 0.5) is 0 Å². The van der Waals surface area contributed by atoms with Crippen LogP contribution in [0, 0.1) is 6.92 Å². The van der Waals surface area contributed by atoms with Gasteiger partial charge in [-0.3, -0.25) is 4.79 Å². The third-order valence-corrected chi connectivity index (χ3v) is 7.27. The Balaban J connectivity index is 1.80. The summed E-state index contributed by atoms with van der Waals surface area (Å²) in [5.41, 5.74) is 2.65. The summed E-state index contributed by atoms with van der Waals surface area (Å²) in [5.74, 6) is -0.0378. The molecule has 2 aromatic carbocycles. The smallest absolute Gasteiger partial charge is 0.249 e. The first kappa shape index (κ1) is 20.3. The molecule has 0 aliphatic rings. The van der Waals surface area contributed by atoms with Crippen molar-refractivity contribution in [3.8, 4) is 5.75 Å². The Kier molecular flexibility index (Phi) is 6.00. The summed E-state index contributed by atoms with van der Waals surface area (Å²) in [5, 5.41) is 0. The summed E-state index contributed by atoms with van der Waals surface area (Å²) in [6.45, 7) is 1.99. The number of ether oxygens (including phenoxy) is 1. The maximum Gasteiger partial charge on any atom is 0.249 e. The molecule has 0 spiro atoms. The highest BCUT2D eigenvalue weighted by molar-refractivity contribution is 7.90. The quantitative estimate of drug-likeness (QED) is 0.617. The van der Waals surface area contributed by atoms with Crippen molar-refractivity contribution in [3.63, 3.8) is 0 Å². The second-order valence-corrected chi connectivity index (χ2v) is 9.70. The molecule has 8 heteroatoms. The maximum atomic E-state index is 12.3. The van der Waals surface area contributed by atoms with E-state index in [1.807, 2.05) is 36.7 Å². The second-order valence-electron chi connectivity index (χ2n) is 6.54. The molecule has 0 saturated heterocycles. The predicted octanol–water partition coefficient (Wildman–Crippen LogP) is 2.99. The molecule has 0 bridgehead atoms. The first-order valence-corrected chi connectivity index (χ1v) is 11.4. The third kappa shape index (κ3) is 4.51. The van der Waals surface area contributed by atoms with E-state index in [2.05, 4.69) is 4.99 Å². The number of fused-ring (bicyclic) bond motifs is 1. The Bertz CT molecular complexity index is 1180.